The standard InChI is InChI=1S/C14H25N3O3/c1-17-12(5-7-16-17)4-6-15-9-13(18)10-19-11-14-3-2-8-20-14/h5,7,13-15,18H,2-4,6,8-11H2,1H3. The molecule has 1 saturated heterocycles. The number of hydrogen-bond acceptors (Lipinski definition) is 5. The van der Waals surface area contributed by atoms with Gasteiger partial charge in [0.15, 0.2) is 0 Å². The quantitative estimate of drug-likeness (QED) is 0.630. The van der Waals surface area contributed by atoms with E-state index in [0.717, 1.165) is 32.4 Å². The highest BCUT2D eigenvalue weighted by Gasteiger charge is 2.16. The summed E-state index contributed by atoms with van der Waals surface area (Å²) in [7, 11) is 1.93. The number of aryl methyl sites for hydroxylation is 1. The van der Waals surface area contributed by atoms with Crippen molar-refractivity contribution in [2.45, 2.75) is 31.5 Å². The van der Waals surface area contributed by atoms with E-state index < -0.39 is 6.10 Å². The van der Waals surface area contributed by atoms with E-state index in [9.17, 15) is 5.11 Å². The number of aliphatic hydroxyl groups excluding tert-OH is 1. The first-order valence-electron chi connectivity index (χ1n) is 7.30. The van der Waals surface area contributed by atoms with Crippen molar-refractivity contribution < 1.29 is 14.6 Å². The second kappa shape index (κ2) is 8.36. The molecular formula is C14H25N3O3. The topological polar surface area (TPSA) is 68.5 Å². The maximum atomic E-state index is 9.79. The maximum Gasteiger partial charge on any atom is 0.0897 e. The molecule has 2 heterocycles. The predicted molar refractivity (Wildman–Crippen MR) is 75.6 cm³/mol. The second-order valence-electron chi connectivity index (χ2n) is 5.23. The molecule has 0 radical (unpaired) electrons. The van der Waals surface area contributed by atoms with E-state index in [1.807, 2.05) is 17.8 Å². The molecule has 1 fully saturated rings. The molecule has 0 spiro atoms. The van der Waals surface area contributed by atoms with E-state index >= 15 is 0 Å². The van der Waals surface area contributed by atoms with E-state index in [-0.39, 0.29) is 6.10 Å². The summed E-state index contributed by atoms with van der Waals surface area (Å²) in [6, 6.07) is 2.00. The van der Waals surface area contributed by atoms with Gasteiger partial charge in [0.1, 0.15) is 0 Å². The van der Waals surface area contributed by atoms with E-state index in [2.05, 4.69) is 10.4 Å². The third kappa shape index (κ3) is 5.20. The van der Waals surface area contributed by atoms with Crippen molar-refractivity contribution in [3.8, 4) is 0 Å². The molecule has 6 heteroatoms. The lowest BCUT2D eigenvalue weighted by Gasteiger charge is -2.14. The average Bonchev–Trinajstić information content (AvgIpc) is 3.07. The van der Waals surface area contributed by atoms with Crippen LogP contribution in [0.5, 0.6) is 0 Å². The van der Waals surface area contributed by atoms with Crippen molar-refractivity contribution in [3.63, 3.8) is 0 Å². The number of nitrogens with zero attached hydrogens (tertiary/aromatic N) is 2. The van der Waals surface area contributed by atoms with Crippen LogP contribution in [0.25, 0.3) is 0 Å². The highest BCUT2D eigenvalue weighted by Crippen LogP contribution is 2.11. The Bertz CT molecular complexity index is 377. The van der Waals surface area contributed by atoms with Crippen LogP contribution >= 0.6 is 0 Å². The maximum absolute atomic E-state index is 9.79. The molecule has 6 nitrogen and oxygen atoms in total. The summed E-state index contributed by atoms with van der Waals surface area (Å²) >= 11 is 0. The van der Waals surface area contributed by atoms with Crippen LogP contribution in [0.4, 0.5) is 0 Å². The Hall–Kier alpha value is -0.950. The Kier molecular flexibility index (Phi) is 6.46. The van der Waals surface area contributed by atoms with Gasteiger partial charge in [-0.05, 0) is 18.9 Å². The molecule has 2 atom stereocenters. The molecule has 2 N–H and O–H groups in total. The predicted octanol–water partition coefficient (Wildman–Crippen LogP) is 0.109. The molecule has 1 aliphatic heterocycles. The van der Waals surface area contributed by atoms with E-state index in [1.54, 1.807) is 6.20 Å². The summed E-state index contributed by atoms with van der Waals surface area (Å²) in [4.78, 5) is 0. The largest absolute Gasteiger partial charge is 0.389 e. The number of hydrogen-bond donors (Lipinski definition) is 2. The smallest absolute Gasteiger partial charge is 0.0897 e. The normalized spacial score (nSPS) is 20.4. The zero-order valence-corrected chi connectivity index (χ0v) is 12.1. The summed E-state index contributed by atoms with van der Waals surface area (Å²) in [5, 5.41) is 17.1. The number of ether oxygens (including phenoxy) is 2. The summed E-state index contributed by atoms with van der Waals surface area (Å²) in [6.45, 7) is 3.16. The molecule has 1 aromatic rings. The molecule has 114 valence electrons. The number of aromatic nitrogens is 2. The summed E-state index contributed by atoms with van der Waals surface area (Å²) in [5.41, 5.74) is 1.18. The van der Waals surface area contributed by atoms with Gasteiger partial charge < -0.3 is 19.9 Å². The van der Waals surface area contributed by atoms with E-state index in [4.69, 9.17) is 9.47 Å². The third-order valence-corrected chi connectivity index (χ3v) is 3.50. The van der Waals surface area contributed by atoms with Gasteiger partial charge in [-0.15, -0.1) is 0 Å². The van der Waals surface area contributed by atoms with Gasteiger partial charge in [-0.1, -0.05) is 0 Å². The Morgan fingerprint density at radius 1 is 1.65 bits per heavy atom. The molecule has 1 aliphatic rings. The Morgan fingerprint density at radius 2 is 2.55 bits per heavy atom. The van der Waals surface area contributed by atoms with Crippen molar-refractivity contribution in [3.05, 3.63) is 18.0 Å². The number of nitrogens with one attached hydrogen (secondary N) is 1. The summed E-state index contributed by atoms with van der Waals surface area (Å²) in [5.74, 6) is 0. The summed E-state index contributed by atoms with van der Waals surface area (Å²) < 4.78 is 12.8. The fourth-order valence-electron chi connectivity index (χ4n) is 2.30. The Balaban J connectivity index is 1.47. The zero-order chi connectivity index (χ0) is 14.2. The molecule has 0 aliphatic carbocycles. The summed E-state index contributed by atoms with van der Waals surface area (Å²) in [6.07, 6.45) is 4.64. The van der Waals surface area contributed by atoms with Gasteiger partial charge in [0.05, 0.1) is 25.4 Å². The lowest BCUT2D eigenvalue weighted by molar-refractivity contribution is -0.0163. The van der Waals surface area contributed by atoms with Gasteiger partial charge in [-0.3, -0.25) is 4.68 Å². The van der Waals surface area contributed by atoms with Crippen LogP contribution in [-0.4, -0.2) is 60.0 Å². The van der Waals surface area contributed by atoms with Crippen molar-refractivity contribution in [1.82, 2.24) is 15.1 Å². The van der Waals surface area contributed by atoms with Crippen molar-refractivity contribution in [2.75, 3.05) is 32.9 Å². The molecule has 0 aromatic carbocycles. The minimum absolute atomic E-state index is 0.222. The molecule has 2 rings (SSSR count). The minimum atomic E-state index is -0.469. The fraction of sp³-hybridized carbons (Fsp3) is 0.786. The second-order valence-corrected chi connectivity index (χ2v) is 5.23. The van der Waals surface area contributed by atoms with Crippen molar-refractivity contribution >= 4 is 0 Å². The van der Waals surface area contributed by atoms with Crippen LogP contribution in [0.3, 0.4) is 0 Å². The van der Waals surface area contributed by atoms with Crippen LogP contribution < -0.4 is 5.32 Å². The van der Waals surface area contributed by atoms with Crippen LogP contribution in [0, 0.1) is 0 Å². The lowest BCUT2D eigenvalue weighted by Crippen LogP contribution is -2.32. The SMILES string of the molecule is Cn1nccc1CCNCC(O)COCC1CCCO1. The van der Waals surface area contributed by atoms with E-state index in [1.165, 1.54) is 5.69 Å². The highest BCUT2D eigenvalue weighted by molar-refractivity contribution is 5.00. The van der Waals surface area contributed by atoms with Gasteiger partial charge in [-0.2, -0.15) is 5.10 Å². The minimum Gasteiger partial charge on any atom is -0.389 e. The fourth-order valence-corrected chi connectivity index (χ4v) is 2.30. The van der Waals surface area contributed by atoms with Gasteiger partial charge in [0, 0.05) is 45.1 Å². The van der Waals surface area contributed by atoms with Gasteiger partial charge in [-0.25, -0.2) is 0 Å². The first-order valence-corrected chi connectivity index (χ1v) is 7.30. The van der Waals surface area contributed by atoms with Gasteiger partial charge >= 0.3 is 0 Å². The molecule has 1 aromatic heterocycles. The average molecular weight is 283 g/mol. The van der Waals surface area contributed by atoms with Crippen molar-refractivity contribution in [2.24, 2.45) is 7.05 Å². The van der Waals surface area contributed by atoms with E-state index in [0.29, 0.717) is 19.8 Å². The third-order valence-electron chi connectivity index (χ3n) is 3.50. The van der Waals surface area contributed by atoms with Crippen LogP contribution in [0.2, 0.25) is 0 Å². The highest BCUT2D eigenvalue weighted by atomic mass is 16.5. The molecule has 0 amide bonds. The molecule has 0 bridgehead atoms. The monoisotopic (exact) mass is 283 g/mol. The Morgan fingerprint density at radius 3 is 3.25 bits per heavy atom. The number of aliphatic hydroxyl groups is 1. The zero-order valence-electron chi connectivity index (χ0n) is 12.1. The first kappa shape index (κ1) is 15.4. The number of rotatable bonds is 9. The van der Waals surface area contributed by atoms with Crippen LogP contribution in [-0.2, 0) is 22.9 Å². The van der Waals surface area contributed by atoms with Gasteiger partial charge in [0.2, 0.25) is 0 Å². The van der Waals surface area contributed by atoms with Crippen LogP contribution in [0.15, 0.2) is 12.3 Å². The Labute approximate surface area is 120 Å². The van der Waals surface area contributed by atoms with Crippen LogP contribution in [0.1, 0.15) is 18.5 Å². The first-order chi connectivity index (χ1) is 9.75. The van der Waals surface area contributed by atoms with Gasteiger partial charge in [0.25, 0.3) is 0 Å². The van der Waals surface area contributed by atoms with Crippen molar-refractivity contribution in [1.29, 1.82) is 0 Å². The molecule has 20 heavy (non-hydrogen) atoms. The lowest BCUT2D eigenvalue weighted by atomic mass is 10.2. The molecule has 0 saturated carbocycles. The molecule has 2 unspecified atom stereocenters. The molecular weight excluding hydrogens is 258 g/mol.